The molecule has 0 radical (unpaired) electrons. The summed E-state index contributed by atoms with van der Waals surface area (Å²) < 4.78 is 44.3. The number of halogens is 3. The van der Waals surface area contributed by atoms with Crippen molar-refractivity contribution >= 4 is 0 Å². The Kier molecular flexibility index (Phi) is 4.80. The monoisotopic (exact) mass is 296 g/mol. The quantitative estimate of drug-likeness (QED) is 0.918. The van der Waals surface area contributed by atoms with Gasteiger partial charge in [0.15, 0.2) is 0 Å². The van der Waals surface area contributed by atoms with E-state index in [0.717, 1.165) is 17.2 Å². The Balaban J connectivity index is 2.24. The van der Waals surface area contributed by atoms with Crippen molar-refractivity contribution in [2.24, 2.45) is 0 Å². The van der Waals surface area contributed by atoms with E-state index in [4.69, 9.17) is 4.74 Å². The maximum atomic E-state index is 13.0. The maximum absolute atomic E-state index is 13.0. The van der Waals surface area contributed by atoms with Gasteiger partial charge in [-0.3, -0.25) is 4.98 Å². The van der Waals surface area contributed by atoms with Crippen LogP contribution in [0.25, 0.3) is 0 Å². The van der Waals surface area contributed by atoms with E-state index in [1.54, 1.807) is 31.6 Å². The molecule has 0 aliphatic carbocycles. The molecule has 21 heavy (non-hydrogen) atoms. The number of nitrogens with one attached hydrogen (secondary N) is 1. The van der Waals surface area contributed by atoms with Gasteiger partial charge in [-0.15, -0.1) is 0 Å². The van der Waals surface area contributed by atoms with Gasteiger partial charge in [0.05, 0.1) is 5.56 Å². The Labute approximate surface area is 120 Å². The van der Waals surface area contributed by atoms with E-state index < -0.39 is 11.7 Å². The fourth-order valence-electron chi connectivity index (χ4n) is 1.87. The van der Waals surface area contributed by atoms with Crippen LogP contribution in [0.5, 0.6) is 5.75 Å². The Hall–Kier alpha value is -2.08. The summed E-state index contributed by atoms with van der Waals surface area (Å²) >= 11 is 0. The summed E-state index contributed by atoms with van der Waals surface area (Å²) in [6.45, 7) is 0.540. The average Bonchev–Trinajstić information content (AvgIpc) is 2.45. The SMILES string of the molecule is CNCc1ccc(C(F)(F)F)c(OCc2ccncc2)c1. The van der Waals surface area contributed by atoms with E-state index in [1.165, 1.54) is 12.1 Å². The standard InChI is InChI=1S/C15H15F3N2O/c1-19-9-12-2-3-13(15(16,17)18)14(8-12)21-10-11-4-6-20-7-5-11/h2-8,19H,9-10H2,1H3. The molecule has 0 aliphatic heterocycles. The van der Waals surface area contributed by atoms with Crippen molar-refractivity contribution in [3.63, 3.8) is 0 Å². The third-order valence-corrected chi connectivity index (χ3v) is 2.88. The third kappa shape index (κ3) is 4.19. The van der Waals surface area contributed by atoms with Crippen LogP contribution in [-0.2, 0) is 19.3 Å². The van der Waals surface area contributed by atoms with Gasteiger partial charge in [-0.25, -0.2) is 0 Å². The lowest BCUT2D eigenvalue weighted by atomic mass is 10.1. The normalized spacial score (nSPS) is 11.4. The molecule has 1 aromatic heterocycles. The first-order valence-corrected chi connectivity index (χ1v) is 6.37. The summed E-state index contributed by atoms with van der Waals surface area (Å²) in [6.07, 6.45) is -1.30. The first kappa shape index (κ1) is 15.3. The number of alkyl halides is 3. The fraction of sp³-hybridized carbons (Fsp3) is 0.267. The summed E-state index contributed by atoms with van der Waals surface area (Å²) in [5.41, 5.74) is 0.726. The van der Waals surface area contributed by atoms with Gasteiger partial charge in [0.1, 0.15) is 12.4 Å². The number of hydrogen-bond acceptors (Lipinski definition) is 3. The highest BCUT2D eigenvalue weighted by molar-refractivity contribution is 5.39. The summed E-state index contributed by atoms with van der Waals surface area (Å²) in [6, 6.07) is 7.31. The van der Waals surface area contributed by atoms with E-state index in [9.17, 15) is 13.2 Å². The minimum atomic E-state index is -4.44. The lowest BCUT2D eigenvalue weighted by Crippen LogP contribution is -2.11. The molecule has 1 N–H and O–H groups in total. The van der Waals surface area contributed by atoms with Crippen LogP contribution in [0.3, 0.4) is 0 Å². The molecule has 0 bridgehead atoms. The highest BCUT2D eigenvalue weighted by atomic mass is 19.4. The minimum Gasteiger partial charge on any atom is -0.488 e. The van der Waals surface area contributed by atoms with Crippen molar-refractivity contribution < 1.29 is 17.9 Å². The van der Waals surface area contributed by atoms with Gasteiger partial charge in [0.25, 0.3) is 0 Å². The van der Waals surface area contributed by atoms with Gasteiger partial charge in [-0.05, 0) is 42.4 Å². The predicted octanol–water partition coefficient (Wildman–Crippen LogP) is 3.40. The second kappa shape index (κ2) is 6.58. The summed E-state index contributed by atoms with van der Waals surface area (Å²) in [5.74, 6) is -0.160. The van der Waals surface area contributed by atoms with E-state index in [2.05, 4.69) is 10.3 Å². The van der Waals surface area contributed by atoms with E-state index in [1.807, 2.05) is 0 Å². The van der Waals surface area contributed by atoms with Gasteiger partial charge in [0.2, 0.25) is 0 Å². The smallest absolute Gasteiger partial charge is 0.419 e. The second-order valence-electron chi connectivity index (χ2n) is 4.50. The first-order chi connectivity index (χ1) is 10.0. The van der Waals surface area contributed by atoms with Crippen LogP contribution >= 0.6 is 0 Å². The molecule has 2 rings (SSSR count). The molecule has 0 saturated heterocycles. The van der Waals surface area contributed by atoms with Crippen LogP contribution in [0.1, 0.15) is 16.7 Å². The summed E-state index contributed by atoms with van der Waals surface area (Å²) in [4.78, 5) is 3.85. The average molecular weight is 296 g/mol. The van der Waals surface area contributed by atoms with Gasteiger partial charge in [-0.2, -0.15) is 13.2 Å². The van der Waals surface area contributed by atoms with Gasteiger partial charge < -0.3 is 10.1 Å². The molecule has 1 heterocycles. The van der Waals surface area contributed by atoms with Crippen LogP contribution in [-0.4, -0.2) is 12.0 Å². The van der Waals surface area contributed by atoms with Gasteiger partial charge in [-0.1, -0.05) is 6.07 Å². The number of benzene rings is 1. The lowest BCUT2D eigenvalue weighted by Gasteiger charge is -2.15. The summed E-state index contributed by atoms with van der Waals surface area (Å²) in [5, 5.41) is 2.90. The van der Waals surface area contributed by atoms with Crippen molar-refractivity contribution in [2.45, 2.75) is 19.3 Å². The molecule has 0 fully saturated rings. The number of rotatable bonds is 5. The number of nitrogens with zero attached hydrogens (tertiary/aromatic N) is 1. The van der Waals surface area contributed by atoms with E-state index in [0.29, 0.717) is 6.54 Å². The molecule has 2 aromatic rings. The number of ether oxygens (including phenoxy) is 1. The Bertz CT molecular complexity index is 585. The van der Waals surface area contributed by atoms with Crippen molar-refractivity contribution in [3.8, 4) is 5.75 Å². The molecule has 0 amide bonds. The number of pyridine rings is 1. The van der Waals surface area contributed by atoms with E-state index in [-0.39, 0.29) is 12.4 Å². The molecule has 0 spiro atoms. The van der Waals surface area contributed by atoms with E-state index >= 15 is 0 Å². The third-order valence-electron chi connectivity index (χ3n) is 2.88. The van der Waals surface area contributed by atoms with Crippen molar-refractivity contribution in [3.05, 3.63) is 59.4 Å². The molecule has 0 saturated carbocycles. The molecule has 112 valence electrons. The van der Waals surface area contributed by atoms with Crippen LogP contribution in [0, 0.1) is 0 Å². The maximum Gasteiger partial charge on any atom is 0.419 e. The summed E-state index contributed by atoms with van der Waals surface area (Å²) in [7, 11) is 1.73. The first-order valence-electron chi connectivity index (χ1n) is 6.37. The zero-order valence-corrected chi connectivity index (χ0v) is 11.4. The zero-order valence-electron chi connectivity index (χ0n) is 11.4. The number of hydrogen-bond donors (Lipinski definition) is 1. The largest absolute Gasteiger partial charge is 0.488 e. The molecular weight excluding hydrogens is 281 g/mol. The molecule has 0 aliphatic rings. The molecular formula is C15H15F3N2O. The predicted molar refractivity (Wildman–Crippen MR) is 72.8 cm³/mol. The zero-order chi connectivity index (χ0) is 15.3. The van der Waals surface area contributed by atoms with Crippen molar-refractivity contribution in [1.82, 2.24) is 10.3 Å². The highest BCUT2D eigenvalue weighted by Crippen LogP contribution is 2.37. The van der Waals surface area contributed by atoms with Crippen LogP contribution in [0.15, 0.2) is 42.7 Å². The van der Waals surface area contributed by atoms with Crippen LogP contribution < -0.4 is 10.1 Å². The fourth-order valence-corrected chi connectivity index (χ4v) is 1.87. The van der Waals surface area contributed by atoms with Crippen LogP contribution in [0.2, 0.25) is 0 Å². The Morgan fingerprint density at radius 3 is 2.43 bits per heavy atom. The Morgan fingerprint density at radius 1 is 1.10 bits per heavy atom. The topological polar surface area (TPSA) is 34.1 Å². The van der Waals surface area contributed by atoms with Crippen molar-refractivity contribution in [1.29, 1.82) is 0 Å². The van der Waals surface area contributed by atoms with Crippen LogP contribution in [0.4, 0.5) is 13.2 Å². The lowest BCUT2D eigenvalue weighted by molar-refractivity contribution is -0.139. The molecule has 1 aromatic carbocycles. The second-order valence-corrected chi connectivity index (χ2v) is 4.50. The number of aromatic nitrogens is 1. The molecule has 0 atom stereocenters. The van der Waals surface area contributed by atoms with Crippen molar-refractivity contribution in [2.75, 3.05) is 7.05 Å². The highest BCUT2D eigenvalue weighted by Gasteiger charge is 2.34. The van der Waals surface area contributed by atoms with Gasteiger partial charge in [0, 0.05) is 18.9 Å². The molecule has 0 unspecified atom stereocenters. The van der Waals surface area contributed by atoms with Gasteiger partial charge >= 0.3 is 6.18 Å². The minimum absolute atomic E-state index is 0.0641. The molecule has 6 heteroatoms. The Morgan fingerprint density at radius 2 is 1.81 bits per heavy atom. The molecule has 3 nitrogen and oxygen atoms in total.